The van der Waals surface area contributed by atoms with Gasteiger partial charge in [0, 0.05) is 25.0 Å². The van der Waals surface area contributed by atoms with E-state index in [4.69, 9.17) is 0 Å². The van der Waals surface area contributed by atoms with Crippen molar-refractivity contribution >= 4 is 11.9 Å². The van der Waals surface area contributed by atoms with Gasteiger partial charge in [-0.15, -0.1) is 0 Å². The second kappa shape index (κ2) is 5.84. The lowest BCUT2D eigenvalue weighted by Gasteiger charge is -2.21. The average Bonchev–Trinajstić information content (AvgIpc) is 2.69. The highest BCUT2D eigenvalue weighted by Gasteiger charge is 2.24. The summed E-state index contributed by atoms with van der Waals surface area (Å²) in [4.78, 5) is 22.2. The van der Waals surface area contributed by atoms with Crippen LogP contribution in [-0.2, 0) is 14.3 Å². The molecular weight excluding hydrogens is 208 g/mol. The average molecular weight is 228 g/mol. The van der Waals surface area contributed by atoms with Crippen molar-refractivity contribution in [1.29, 1.82) is 0 Å². The summed E-state index contributed by atoms with van der Waals surface area (Å²) in [7, 11) is 1.39. The Morgan fingerprint density at radius 1 is 1.62 bits per heavy atom. The summed E-state index contributed by atoms with van der Waals surface area (Å²) in [5, 5.41) is 6.12. The van der Waals surface area contributed by atoms with E-state index < -0.39 is 0 Å². The van der Waals surface area contributed by atoms with E-state index >= 15 is 0 Å². The van der Waals surface area contributed by atoms with E-state index in [0.29, 0.717) is 13.0 Å². The first-order chi connectivity index (χ1) is 7.54. The van der Waals surface area contributed by atoms with Crippen molar-refractivity contribution in [3.05, 3.63) is 0 Å². The Morgan fingerprint density at radius 3 is 2.81 bits per heavy atom. The molecule has 0 aromatic heterocycles. The zero-order valence-electron chi connectivity index (χ0n) is 10.1. The molecule has 2 N–H and O–H groups in total. The van der Waals surface area contributed by atoms with Gasteiger partial charge in [0.15, 0.2) is 0 Å². The molecular formula is C11H20N2O3. The van der Waals surface area contributed by atoms with Crippen LogP contribution in [0.2, 0.25) is 0 Å². The lowest BCUT2D eigenvalue weighted by atomic mass is 10.0. The molecule has 0 spiro atoms. The predicted octanol–water partition coefficient (Wildman–Crippen LogP) is 0.0522. The van der Waals surface area contributed by atoms with Gasteiger partial charge in [-0.1, -0.05) is 6.92 Å². The maximum Gasteiger partial charge on any atom is 0.309 e. The third-order valence-corrected chi connectivity index (χ3v) is 3.09. The van der Waals surface area contributed by atoms with E-state index in [9.17, 15) is 9.59 Å². The number of carbonyl (C=O) groups is 2. The molecule has 16 heavy (non-hydrogen) atoms. The number of esters is 1. The molecule has 0 radical (unpaired) electrons. The number of hydrogen-bond acceptors (Lipinski definition) is 4. The molecule has 1 amide bonds. The molecule has 3 atom stereocenters. The van der Waals surface area contributed by atoms with Gasteiger partial charge in [0.1, 0.15) is 0 Å². The van der Waals surface area contributed by atoms with E-state index in [-0.39, 0.29) is 29.9 Å². The molecule has 0 aliphatic carbocycles. The lowest BCUT2D eigenvalue weighted by molar-refractivity contribution is -0.145. The highest BCUT2D eigenvalue weighted by molar-refractivity contribution is 5.78. The van der Waals surface area contributed by atoms with Gasteiger partial charge in [0.05, 0.1) is 13.0 Å². The Hall–Kier alpha value is -1.10. The van der Waals surface area contributed by atoms with Crippen LogP contribution in [0.25, 0.3) is 0 Å². The second-order valence-electron chi connectivity index (χ2n) is 4.31. The van der Waals surface area contributed by atoms with E-state index in [2.05, 4.69) is 15.4 Å². The number of carbonyl (C=O) groups excluding carboxylic acids is 2. The zero-order chi connectivity index (χ0) is 12.1. The van der Waals surface area contributed by atoms with Crippen molar-refractivity contribution in [2.75, 3.05) is 13.7 Å². The molecule has 0 aromatic carbocycles. The first-order valence-electron chi connectivity index (χ1n) is 5.65. The van der Waals surface area contributed by atoms with Crippen LogP contribution < -0.4 is 10.6 Å². The first-order valence-corrected chi connectivity index (χ1v) is 5.65. The summed E-state index contributed by atoms with van der Waals surface area (Å²) in [6, 6.07) is 0.241. The van der Waals surface area contributed by atoms with Crippen molar-refractivity contribution in [3.8, 4) is 0 Å². The smallest absolute Gasteiger partial charge is 0.309 e. The lowest BCUT2D eigenvalue weighted by Crippen LogP contribution is -2.43. The molecule has 92 valence electrons. The maximum atomic E-state index is 11.3. The molecule has 3 unspecified atom stereocenters. The van der Waals surface area contributed by atoms with Crippen molar-refractivity contribution in [2.45, 2.75) is 38.8 Å². The largest absolute Gasteiger partial charge is 0.469 e. The SMILES string of the molecule is COC(=O)C(C)C(C)NCC1CCC(=O)N1. The van der Waals surface area contributed by atoms with Crippen LogP contribution in [0.4, 0.5) is 0 Å². The van der Waals surface area contributed by atoms with Crippen LogP contribution in [-0.4, -0.2) is 37.6 Å². The third kappa shape index (κ3) is 3.48. The molecule has 5 heteroatoms. The highest BCUT2D eigenvalue weighted by atomic mass is 16.5. The van der Waals surface area contributed by atoms with E-state index in [0.717, 1.165) is 6.42 Å². The Balaban J connectivity index is 2.26. The predicted molar refractivity (Wildman–Crippen MR) is 59.8 cm³/mol. The van der Waals surface area contributed by atoms with Crippen molar-refractivity contribution in [1.82, 2.24) is 10.6 Å². The van der Waals surface area contributed by atoms with E-state index in [1.165, 1.54) is 7.11 Å². The summed E-state index contributed by atoms with van der Waals surface area (Å²) in [5.74, 6) is -0.280. The molecule has 1 rings (SSSR count). The van der Waals surface area contributed by atoms with Crippen molar-refractivity contribution in [2.24, 2.45) is 5.92 Å². The van der Waals surface area contributed by atoms with E-state index in [1.54, 1.807) is 0 Å². The van der Waals surface area contributed by atoms with Crippen molar-refractivity contribution in [3.63, 3.8) is 0 Å². The van der Waals surface area contributed by atoms with Gasteiger partial charge in [0.2, 0.25) is 5.91 Å². The Bertz CT molecular complexity index is 268. The monoisotopic (exact) mass is 228 g/mol. The molecule has 5 nitrogen and oxygen atoms in total. The van der Waals surface area contributed by atoms with Gasteiger partial charge in [0.25, 0.3) is 0 Å². The number of hydrogen-bond donors (Lipinski definition) is 2. The van der Waals surface area contributed by atoms with Gasteiger partial charge < -0.3 is 15.4 Å². The number of ether oxygens (including phenoxy) is 1. The number of amides is 1. The molecule has 1 aliphatic rings. The van der Waals surface area contributed by atoms with Crippen LogP contribution in [0.15, 0.2) is 0 Å². The number of methoxy groups -OCH3 is 1. The molecule has 1 aliphatic heterocycles. The summed E-state index contributed by atoms with van der Waals surface area (Å²) in [5.41, 5.74) is 0. The minimum Gasteiger partial charge on any atom is -0.469 e. The molecule has 1 heterocycles. The third-order valence-electron chi connectivity index (χ3n) is 3.09. The summed E-state index contributed by atoms with van der Waals surface area (Å²) >= 11 is 0. The topological polar surface area (TPSA) is 67.4 Å². The van der Waals surface area contributed by atoms with Gasteiger partial charge in [-0.2, -0.15) is 0 Å². The van der Waals surface area contributed by atoms with Crippen LogP contribution in [0, 0.1) is 5.92 Å². The van der Waals surface area contributed by atoms with Crippen molar-refractivity contribution < 1.29 is 14.3 Å². The summed E-state index contributed by atoms with van der Waals surface area (Å²) in [6.45, 7) is 4.48. The Labute approximate surface area is 95.9 Å². The quantitative estimate of drug-likeness (QED) is 0.653. The Kier molecular flexibility index (Phi) is 4.73. The summed E-state index contributed by atoms with van der Waals surface area (Å²) < 4.78 is 4.67. The fourth-order valence-electron chi connectivity index (χ4n) is 1.73. The van der Waals surface area contributed by atoms with Crippen LogP contribution in [0.5, 0.6) is 0 Å². The molecule has 1 fully saturated rings. The standard InChI is InChI=1S/C11H20N2O3/c1-7(11(15)16-3)8(2)12-6-9-4-5-10(14)13-9/h7-9,12H,4-6H2,1-3H3,(H,13,14). The minimum atomic E-state index is -0.213. The molecule has 0 bridgehead atoms. The summed E-state index contributed by atoms with van der Waals surface area (Å²) in [6.07, 6.45) is 1.47. The van der Waals surface area contributed by atoms with Gasteiger partial charge in [-0.25, -0.2) is 0 Å². The maximum absolute atomic E-state index is 11.3. The fourth-order valence-corrected chi connectivity index (χ4v) is 1.73. The van der Waals surface area contributed by atoms with Crippen LogP contribution >= 0.6 is 0 Å². The number of rotatable bonds is 5. The van der Waals surface area contributed by atoms with E-state index in [1.807, 2.05) is 13.8 Å². The second-order valence-corrected chi connectivity index (χ2v) is 4.31. The molecule has 0 saturated carbocycles. The zero-order valence-corrected chi connectivity index (χ0v) is 10.1. The normalized spacial score (nSPS) is 23.7. The molecule has 1 saturated heterocycles. The Morgan fingerprint density at radius 2 is 2.31 bits per heavy atom. The van der Waals surface area contributed by atoms with Crippen LogP contribution in [0.1, 0.15) is 26.7 Å². The fraction of sp³-hybridized carbons (Fsp3) is 0.818. The highest BCUT2D eigenvalue weighted by Crippen LogP contribution is 2.08. The van der Waals surface area contributed by atoms with Gasteiger partial charge in [-0.05, 0) is 13.3 Å². The molecule has 0 aromatic rings. The van der Waals surface area contributed by atoms with Gasteiger partial charge in [-0.3, -0.25) is 9.59 Å². The first kappa shape index (κ1) is 13.0. The minimum absolute atomic E-state index is 0.0463. The number of nitrogens with one attached hydrogen (secondary N) is 2. The van der Waals surface area contributed by atoms with Gasteiger partial charge >= 0.3 is 5.97 Å². The van der Waals surface area contributed by atoms with Crippen LogP contribution in [0.3, 0.4) is 0 Å².